The lowest BCUT2D eigenvalue weighted by atomic mass is 10.1. The lowest BCUT2D eigenvalue weighted by molar-refractivity contribution is 0.102. The standard InChI is InChI=1S/C16H16N2O2S/c1-10-9-13(7-8-14(10)20-2)18-16(19)12-5-3-11(4-6-12)15(17)21/h3-9H,1-2H3,(H2,17,21)(H,18,19). The van der Waals surface area contributed by atoms with Crippen molar-refractivity contribution < 1.29 is 9.53 Å². The highest BCUT2D eigenvalue weighted by atomic mass is 32.1. The maximum atomic E-state index is 12.2. The predicted octanol–water partition coefficient (Wildman–Crippen LogP) is 2.89. The van der Waals surface area contributed by atoms with Crippen LogP contribution in [0.1, 0.15) is 21.5 Å². The van der Waals surface area contributed by atoms with Crippen molar-refractivity contribution in [3.8, 4) is 5.75 Å². The van der Waals surface area contributed by atoms with Crippen LogP contribution in [0.2, 0.25) is 0 Å². The van der Waals surface area contributed by atoms with Crippen molar-refractivity contribution in [2.75, 3.05) is 12.4 Å². The van der Waals surface area contributed by atoms with Gasteiger partial charge in [-0.2, -0.15) is 0 Å². The molecule has 0 heterocycles. The number of ether oxygens (including phenoxy) is 1. The summed E-state index contributed by atoms with van der Waals surface area (Å²) in [5.74, 6) is 0.600. The van der Waals surface area contributed by atoms with Gasteiger partial charge in [0.2, 0.25) is 0 Å². The van der Waals surface area contributed by atoms with Gasteiger partial charge in [-0.25, -0.2) is 0 Å². The Kier molecular flexibility index (Phi) is 4.55. The zero-order chi connectivity index (χ0) is 15.4. The van der Waals surface area contributed by atoms with Gasteiger partial charge in [0.05, 0.1) is 7.11 Å². The summed E-state index contributed by atoms with van der Waals surface area (Å²) in [4.78, 5) is 12.5. The number of thiocarbonyl (C=S) groups is 1. The number of anilines is 1. The Labute approximate surface area is 128 Å². The molecule has 0 bridgehead atoms. The third-order valence-electron chi connectivity index (χ3n) is 3.08. The largest absolute Gasteiger partial charge is 0.496 e. The quantitative estimate of drug-likeness (QED) is 0.852. The minimum Gasteiger partial charge on any atom is -0.496 e. The van der Waals surface area contributed by atoms with Crippen LogP contribution in [0.15, 0.2) is 42.5 Å². The van der Waals surface area contributed by atoms with E-state index in [1.165, 1.54) is 0 Å². The topological polar surface area (TPSA) is 64.3 Å². The van der Waals surface area contributed by atoms with Crippen LogP contribution in [0.25, 0.3) is 0 Å². The van der Waals surface area contributed by atoms with Crippen LogP contribution >= 0.6 is 12.2 Å². The average Bonchev–Trinajstić information content (AvgIpc) is 2.47. The van der Waals surface area contributed by atoms with Crippen LogP contribution in [-0.2, 0) is 0 Å². The summed E-state index contributed by atoms with van der Waals surface area (Å²) in [5, 5.41) is 2.84. The normalized spacial score (nSPS) is 10.0. The van der Waals surface area contributed by atoms with E-state index in [1.54, 1.807) is 37.4 Å². The molecule has 108 valence electrons. The smallest absolute Gasteiger partial charge is 0.255 e. The summed E-state index contributed by atoms with van der Waals surface area (Å²) in [5.41, 5.74) is 8.49. The first-order chi connectivity index (χ1) is 10.0. The maximum Gasteiger partial charge on any atom is 0.255 e. The molecule has 5 heteroatoms. The third kappa shape index (κ3) is 3.58. The van der Waals surface area contributed by atoms with E-state index < -0.39 is 0 Å². The number of nitrogens with one attached hydrogen (secondary N) is 1. The first-order valence-corrected chi connectivity index (χ1v) is 6.78. The SMILES string of the molecule is COc1ccc(NC(=O)c2ccc(C(N)=S)cc2)cc1C. The van der Waals surface area contributed by atoms with Gasteiger partial charge in [0.15, 0.2) is 0 Å². The minimum absolute atomic E-state index is 0.186. The summed E-state index contributed by atoms with van der Waals surface area (Å²) in [6.45, 7) is 1.92. The highest BCUT2D eigenvalue weighted by Gasteiger charge is 2.08. The van der Waals surface area contributed by atoms with Gasteiger partial charge in [-0.1, -0.05) is 24.4 Å². The summed E-state index contributed by atoms with van der Waals surface area (Å²) >= 11 is 4.88. The maximum absolute atomic E-state index is 12.2. The van der Waals surface area contributed by atoms with E-state index in [2.05, 4.69) is 5.32 Å². The first-order valence-electron chi connectivity index (χ1n) is 6.37. The molecule has 0 aliphatic rings. The van der Waals surface area contributed by atoms with Crippen molar-refractivity contribution >= 4 is 28.8 Å². The van der Waals surface area contributed by atoms with Gasteiger partial charge >= 0.3 is 0 Å². The zero-order valence-electron chi connectivity index (χ0n) is 11.8. The minimum atomic E-state index is -0.186. The number of methoxy groups -OCH3 is 1. The summed E-state index contributed by atoms with van der Waals surface area (Å²) in [6.07, 6.45) is 0. The number of hydrogen-bond acceptors (Lipinski definition) is 3. The van der Waals surface area contributed by atoms with E-state index >= 15 is 0 Å². The number of benzene rings is 2. The van der Waals surface area contributed by atoms with Crippen LogP contribution in [-0.4, -0.2) is 18.0 Å². The van der Waals surface area contributed by atoms with Crippen LogP contribution in [0.5, 0.6) is 5.75 Å². The van der Waals surface area contributed by atoms with Crippen LogP contribution in [0.4, 0.5) is 5.69 Å². The Morgan fingerprint density at radius 1 is 1.14 bits per heavy atom. The first kappa shape index (κ1) is 15.0. The van der Waals surface area contributed by atoms with Crippen molar-refractivity contribution in [2.45, 2.75) is 6.92 Å². The lowest BCUT2D eigenvalue weighted by Gasteiger charge is -2.09. The zero-order valence-corrected chi connectivity index (χ0v) is 12.7. The monoisotopic (exact) mass is 300 g/mol. The molecule has 0 saturated heterocycles. The third-order valence-corrected chi connectivity index (χ3v) is 3.32. The molecule has 4 nitrogen and oxygen atoms in total. The Morgan fingerprint density at radius 3 is 2.29 bits per heavy atom. The Balaban J connectivity index is 2.14. The van der Waals surface area contributed by atoms with Gasteiger partial charge in [-0.15, -0.1) is 0 Å². The molecule has 0 saturated carbocycles. The summed E-state index contributed by atoms with van der Waals surface area (Å²) < 4.78 is 5.19. The van der Waals surface area contributed by atoms with Crippen LogP contribution in [0, 0.1) is 6.92 Å². The number of amides is 1. The molecule has 2 aromatic rings. The van der Waals surface area contributed by atoms with E-state index in [-0.39, 0.29) is 5.91 Å². The van der Waals surface area contributed by atoms with Crippen molar-refractivity contribution in [3.05, 3.63) is 59.2 Å². The van der Waals surface area contributed by atoms with Gasteiger partial charge in [-0.3, -0.25) is 4.79 Å². The molecule has 2 rings (SSSR count). The molecule has 0 aliphatic carbocycles. The Bertz CT molecular complexity index is 681. The van der Waals surface area contributed by atoms with Gasteiger partial charge in [0, 0.05) is 16.8 Å². The van der Waals surface area contributed by atoms with E-state index in [1.807, 2.05) is 19.1 Å². The second kappa shape index (κ2) is 6.37. The highest BCUT2D eigenvalue weighted by molar-refractivity contribution is 7.80. The van der Waals surface area contributed by atoms with Crippen molar-refractivity contribution in [2.24, 2.45) is 5.73 Å². The number of carbonyl (C=O) groups is 1. The molecule has 0 aromatic heterocycles. The van der Waals surface area contributed by atoms with Gasteiger partial charge < -0.3 is 15.8 Å². The van der Waals surface area contributed by atoms with E-state index in [0.717, 1.165) is 22.6 Å². The Morgan fingerprint density at radius 2 is 1.76 bits per heavy atom. The van der Waals surface area contributed by atoms with E-state index in [0.29, 0.717) is 10.6 Å². The number of hydrogen-bond donors (Lipinski definition) is 2. The summed E-state index contributed by atoms with van der Waals surface area (Å²) in [7, 11) is 1.62. The van der Waals surface area contributed by atoms with Crippen LogP contribution < -0.4 is 15.8 Å². The molecule has 21 heavy (non-hydrogen) atoms. The molecule has 3 N–H and O–H groups in total. The number of aryl methyl sites for hydroxylation is 1. The Hall–Kier alpha value is -2.40. The molecule has 0 spiro atoms. The van der Waals surface area contributed by atoms with Crippen molar-refractivity contribution in [1.82, 2.24) is 0 Å². The van der Waals surface area contributed by atoms with Gasteiger partial charge in [0.1, 0.15) is 10.7 Å². The second-order valence-electron chi connectivity index (χ2n) is 4.58. The fourth-order valence-corrected chi connectivity index (χ4v) is 2.08. The molecular formula is C16H16N2O2S. The van der Waals surface area contributed by atoms with Crippen molar-refractivity contribution in [1.29, 1.82) is 0 Å². The predicted molar refractivity (Wildman–Crippen MR) is 88.0 cm³/mol. The molecule has 0 radical (unpaired) electrons. The molecule has 0 unspecified atom stereocenters. The molecule has 2 aromatic carbocycles. The molecule has 1 amide bonds. The van der Waals surface area contributed by atoms with Crippen LogP contribution in [0.3, 0.4) is 0 Å². The number of carbonyl (C=O) groups excluding carboxylic acids is 1. The second-order valence-corrected chi connectivity index (χ2v) is 5.02. The fraction of sp³-hybridized carbons (Fsp3) is 0.125. The number of rotatable bonds is 4. The lowest BCUT2D eigenvalue weighted by Crippen LogP contribution is -2.13. The molecule has 0 aliphatic heterocycles. The van der Waals surface area contributed by atoms with E-state index in [9.17, 15) is 4.79 Å². The molecule has 0 atom stereocenters. The number of nitrogens with two attached hydrogens (primary N) is 1. The molecular weight excluding hydrogens is 284 g/mol. The fourth-order valence-electron chi connectivity index (χ4n) is 1.95. The summed E-state index contributed by atoms with van der Waals surface area (Å²) in [6, 6.07) is 12.3. The van der Waals surface area contributed by atoms with E-state index in [4.69, 9.17) is 22.7 Å². The average molecular weight is 300 g/mol. The highest BCUT2D eigenvalue weighted by Crippen LogP contribution is 2.21. The van der Waals surface area contributed by atoms with Gasteiger partial charge in [0.25, 0.3) is 5.91 Å². The van der Waals surface area contributed by atoms with Gasteiger partial charge in [-0.05, 0) is 42.8 Å². The molecule has 0 fully saturated rings. The van der Waals surface area contributed by atoms with Crippen molar-refractivity contribution in [3.63, 3.8) is 0 Å².